The molecule has 3 unspecified atom stereocenters. The van der Waals surface area contributed by atoms with Gasteiger partial charge in [0, 0.05) is 32.5 Å². The Bertz CT molecular complexity index is 1220. The number of hydrogen-bond acceptors (Lipinski definition) is 5. The van der Waals surface area contributed by atoms with E-state index in [-0.39, 0.29) is 42.8 Å². The highest BCUT2D eigenvalue weighted by Gasteiger charge is 2.34. The van der Waals surface area contributed by atoms with Gasteiger partial charge in [-0.25, -0.2) is 0 Å². The van der Waals surface area contributed by atoms with E-state index in [4.69, 9.17) is 31.5 Å². The van der Waals surface area contributed by atoms with E-state index in [1.54, 1.807) is 14.1 Å². The molecular formula is C38H67N5O5. The van der Waals surface area contributed by atoms with E-state index < -0.39 is 5.97 Å². The number of aliphatic carboxylic acids is 1. The van der Waals surface area contributed by atoms with E-state index in [1.165, 1.54) is 56.3 Å². The molecule has 0 saturated heterocycles. The maximum atomic E-state index is 12.4. The summed E-state index contributed by atoms with van der Waals surface area (Å²) < 4.78 is 12.4. The predicted molar refractivity (Wildman–Crippen MR) is 197 cm³/mol. The van der Waals surface area contributed by atoms with Crippen molar-refractivity contribution < 1.29 is 24.2 Å². The van der Waals surface area contributed by atoms with Crippen molar-refractivity contribution in [1.82, 2.24) is 4.90 Å². The minimum absolute atomic E-state index is 0.0285. The van der Waals surface area contributed by atoms with Crippen LogP contribution in [0.4, 0.5) is 0 Å². The van der Waals surface area contributed by atoms with Gasteiger partial charge in [-0.3, -0.25) is 15.0 Å². The van der Waals surface area contributed by atoms with Crippen LogP contribution in [0.3, 0.4) is 0 Å². The van der Waals surface area contributed by atoms with Gasteiger partial charge < -0.3 is 30.9 Å². The summed E-state index contributed by atoms with van der Waals surface area (Å²) in [5.41, 5.74) is 13.9. The summed E-state index contributed by atoms with van der Waals surface area (Å²) in [6.45, 7) is 17.7. The number of aliphatic imine (C=N–C) groups is 1. The summed E-state index contributed by atoms with van der Waals surface area (Å²) in [5, 5.41) is 15.9. The second kappa shape index (κ2) is 20.9. The molecule has 48 heavy (non-hydrogen) atoms. The topological polar surface area (TPSA) is 164 Å². The third kappa shape index (κ3) is 15.7. The van der Waals surface area contributed by atoms with Crippen LogP contribution >= 0.6 is 0 Å². The number of nitrogens with zero attached hydrogens (tertiary/aromatic N) is 2. The Morgan fingerprint density at radius 1 is 0.917 bits per heavy atom. The molecule has 1 heterocycles. The molecular weight excluding hydrogens is 606 g/mol. The first-order valence-electron chi connectivity index (χ1n) is 18.0. The predicted octanol–water partition coefficient (Wildman–Crippen LogP) is 8.05. The number of carboxylic acid groups (broad SMARTS) is 1. The van der Waals surface area contributed by atoms with Crippen LogP contribution in [-0.2, 0) is 16.0 Å². The van der Waals surface area contributed by atoms with Crippen LogP contribution in [0.5, 0.6) is 11.5 Å². The van der Waals surface area contributed by atoms with Gasteiger partial charge in [-0.05, 0) is 94.2 Å². The van der Waals surface area contributed by atoms with Gasteiger partial charge in [0.15, 0.2) is 5.96 Å². The Kier molecular flexibility index (Phi) is 18.6. The number of carbonyl (C=O) groups is 2. The van der Waals surface area contributed by atoms with Crippen molar-refractivity contribution in [2.45, 2.75) is 151 Å². The molecule has 1 aromatic carbocycles. The van der Waals surface area contributed by atoms with Crippen molar-refractivity contribution in [2.75, 3.05) is 14.1 Å². The maximum absolute atomic E-state index is 12.4. The zero-order chi connectivity index (χ0) is 36.6. The average Bonchev–Trinajstić information content (AvgIpc) is 2.97. The van der Waals surface area contributed by atoms with Crippen molar-refractivity contribution in [2.24, 2.45) is 34.2 Å². The largest absolute Gasteiger partial charge is 0.487 e. The van der Waals surface area contributed by atoms with Crippen molar-refractivity contribution in [3.8, 4) is 11.5 Å². The van der Waals surface area contributed by atoms with E-state index in [9.17, 15) is 9.59 Å². The summed E-state index contributed by atoms with van der Waals surface area (Å²) in [5.74, 6) is 2.69. The normalized spacial score (nSPS) is 16.5. The number of ether oxygens (including phenoxy) is 2. The summed E-state index contributed by atoms with van der Waals surface area (Å²) in [6.07, 6.45) is 13.8. The van der Waals surface area contributed by atoms with Gasteiger partial charge in [0.05, 0.1) is 0 Å². The molecule has 0 aromatic heterocycles. The molecule has 0 amide bonds. The number of nitrogens with two attached hydrogens (primary N) is 2. The summed E-state index contributed by atoms with van der Waals surface area (Å²) >= 11 is 0. The van der Waals surface area contributed by atoms with Gasteiger partial charge >= 0.3 is 11.9 Å². The summed E-state index contributed by atoms with van der Waals surface area (Å²) in [7, 11) is 3.38. The van der Waals surface area contributed by atoms with Crippen molar-refractivity contribution in [3.05, 3.63) is 22.3 Å². The number of carboxylic acids is 1. The van der Waals surface area contributed by atoms with Crippen LogP contribution in [0.15, 0.2) is 4.99 Å². The highest BCUT2D eigenvalue weighted by Crippen LogP contribution is 2.45. The molecule has 0 saturated carbocycles. The fourth-order valence-electron chi connectivity index (χ4n) is 6.18. The first-order valence-corrected chi connectivity index (χ1v) is 18.0. The second-order valence-corrected chi connectivity index (χ2v) is 14.9. The molecule has 1 aliphatic heterocycles. The molecule has 2 rings (SSSR count). The molecule has 6 N–H and O–H groups in total. The highest BCUT2D eigenvalue weighted by atomic mass is 16.5. The average molecular weight is 674 g/mol. The quantitative estimate of drug-likeness (QED) is 0.0558. The molecule has 0 fully saturated rings. The van der Waals surface area contributed by atoms with E-state index >= 15 is 0 Å². The third-order valence-corrected chi connectivity index (χ3v) is 9.48. The summed E-state index contributed by atoms with van der Waals surface area (Å²) in [6, 6.07) is 0. The number of fused-ring (bicyclic) bond motifs is 1. The zero-order valence-electron chi connectivity index (χ0n) is 31.8. The number of carbonyl (C=O) groups excluding carboxylic acids is 1. The van der Waals surface area contributed by atoms with Gasteiger partial charge in [-0.15, -0.1) is 0 Å². The minimum Gasteiger partial charge on any atom is -0.487 e. The van der Waals surface area contributed by atoms with Gasteiger partial charge in [-0.2, -0.15) is 4.99 Å². The van der Waals surface area contributed by atoms with Gasteiger partial charge in [-0.1, -0.05) is 72.6 Å². The number of nitrogens with one attached hydrogen (secondary N) is 1. The molecule has 10 nitrogen and oxygen atoms in total. The third-order valence-electron chi connectivity index (χ3n) is 9.48. The second-order valence-electron chi connectivity index (χ2n) is 14.9. The first-order chi connectivity index (χ1) is 22.4. The Morgan fingerprint density at radius 3 is 1.98 bits per heavy atom. The Balaban J connectivity index is 0.00000112. The number of benzene rings is 1. The Hall–Kier alpha value is -3.30. The lowest BCUT2D eigenvalue weighted by atomic mass is 9.83. The lowest BCUT2D eigenvalue weighted by Gasteiger charge is -2.38. The zero-order valence-corrected chi connectivity index (χ0v) is 31.8. The molecule has 274 valence electrons. The lowest BCUT2D eigenvalue weighted by molar-refractivity contribution is -0.137. The number of guanidine groups is 2. The van der Waals surface area contributed by atoms with Crippen LogP contribution < -0.4 is 20.9 Å². The van der Waals surface area contributed by atoms with Gasteiger partial charge in [0.25, 0.3) is 0 Å². The lowest BCUT2D eigenvalue weighted by Crippen LogP contribution is -2.37. The minimum atomic E-state index is -0.896. The molecule has 0 radical (unpaired) electrons. The van der Waals surface area contributed by atoms with Crippen LogP contribution in [0.1, 0.15) is 140 Å². The molecule has 0 spiro atoms. The standard InChI is InChI=1S/C34H56O5.C4H11N5/c1-23(2)13-9-14-24(3)15-10-16-25(4)17-12-21-34(8)22-20-29-28(7)32(26(5)27(6)33(29)39-34)38-31(37)19-11-18-30(35)36;1-9(2)4(7)8-3(5)6/h23-25H,9-22H2,1-8H3,(H,35,36);1-2H3,(H5,5,6,7,8). The highest BCUT2D eigenvalue weighted by molar-refractivity contribution is 5.91. The Labute approximate surface area is 290 Å². The number of esters is 1. The van der Waals surface area contributed by atoms with Gasteiger partial charge in [0.1, 0.15) is 17.1 Å². The molecule has 3 atom stereocenters. The van der Waals surface area contributed by atoms with E-state index in [0.717, 1.165) is 65.0 Å². The molecule has 0 bridgehead atoms. The van der Waals surface area contributed by atoms with E-state index in [0.29, 0.717) is 5.75 Å². The Morgan fingerprint density at radius 2 is 1.48 bits per heavy atom. The van der Waals surface area contributed by atoms with Crippen LogP contribution in [0, 0.1) is 43.9 Å². The molecule has 1 aromatic rings. The van der Waals surface area contributed by atoms with E-state index in [1.807, 2.05) is 20.8 Å². The summed E-state index contributed by atoms with van der Waals surface area (Å²) in [4.78, 5) is 28.1. The maximum Gasteiger partial charge on any atom is 0.311 e. The van der Waals surface area contributed by atoms with Crippen LogP contribution in [0.25, 0.3) is 0 Å². The molecule has 0 aliphatic carbocycles. The van der Waals surface area contributed by atoms with Gasteiger partial charge in [0.2, 0.25) is 5.96 Å². The first kappa shape index (κ1) is 42.7. The van der Waals surface area contributed by atoms with Crippen molar-refractivity contribution in [1.29, 1.82) is 5.41 Å². The van der Waals surface area contributed by atoms with Crippen LogP contribution in [-0.4, -0.2) is 53.6 Å². The van der Waals surface area contributed by atoms with E-state index in [2.05, 4.69) is 39.6 Å². The monoisotopic (exact) mass is 674 g/mol. The van der Waals surface area contributed by atoms with Crippen molar-refractivity contribution in [3.63, 3.8) is 0 Å². The fourth-order valence-corrected chi connectivity index (χ4v) is 6.18. The molecule has 10 heteroatoms. The molecule has 1 aliphatic rings. The SMILES string of the molecule is CN(C)C(=N)N=C(N)N.Cc1c(C)c2c(c(C)c1OC(=O)CCCC(=O)O)CCC(C)(CCCC(C)CCCC(C)CCCC(C)C)O2. The number of hydrogen-bond donors (Lipinski definition) is 4. The van der Waals surface area contributed by atoms with Crippen molar-refractivity contribution >= 4 is 23.9 Å². The fraction of sp³-hybridized carbons (Fsp3) is 0.737. The smallest absolute Gasteiger partial charge is 0.311 e. The number of rotatable bonds is 17. The van der Waals surface area contributed by atoms with Crippen LogP contribution in [0.2, 0.25) is 0 Å².